The van der Waals surface area contributed by atoms with Crippen LogP contribution in [0.2, 0.25) is 0 Å². The van der Waals surface area contributed by atoms with Crippen LogP contribution in [0, 0.1) is 5.92 Å². The summed E-state index contributed by atoms with van der Waals surface area (Å²) in [5.41, 5.74) is 4.58. The lowest BCUT2D eigenvalue weighted by molar-refractivity contribution is -0.161. The van der Waals surface area contributed by atoms with Crippen LogP contribution in [0.4, 0.5) is 5.82 Å². The molecule has 1 aromatic rings. The zero-order valence-corrected chi connectivity index (χ0v) is 42.8. The summed E-state index contributed by atoms with van der Waals surface area (Å²) < 4.78 is 62.4. The number of epoxide rings is 1. The molecule has 3 heterocycles. The van der Waals surface area contributed by atoms with Crippen molar-refractivity contribution in [1.29, 1.82) is 0 Å². The van der Waals surface area contributed by atoms with E-state index in [0.29, 0.717) is 25.4 Å². The van der Waals surface area contributed by atoms with Crippen LogP contribution in [0.15, 0.2) is 53.5 Å². The van der Waals surface area contributed by atoms with Crippen LogP contribution in [-0.2, 0) is 51.0 Å². The average Bonchev–Trinajstić information content (AvgIpc) is 3.98. The number of aliphatic hydroxyl groups excluding tert-OH is 2. The zero-order valence-electron chi connectivity index (χ0n) is 41.0. The van der Waals surface area contributed by atoms with E-state index in [2.05, 4.69) is 54.4 Å². The van der Waals surface area contributed by atoms with E-state index in [0.717, 1.165) is 68.0 Å². The normalized spacial score (nSPS) is 22.7. The van der Waals surface area contributed by atoms with Crippen LogP contribution in [0.5, 0.6) is 0 Å². The number of phosphoric ester groups is 2. The van der Waals surface area contributed by atoms with Gasteiger partial charge >= 0.3 is 33.3 Å². The van der Waals surface area contributed by atoms with Crippen molar-refractivity contribution < 1.29 is 71.0 Å². The fourth-order valence-electron chi connectivity index (χ4n) is 7.53. The van der Waals surface area contributed by atoms with Crippen molar-refractivity contribution in [3.63, 3.8) is 0 Å². The number of ether oxygens (including phenoxy) is 4. The molecule has 19 nitrogen and oxygen atoms in total. The minimum absolute atomic E-state index is 0.0363. The highest BCUT2D eigenvalue weighted by Crippen LogP contribution is 2.60. The van der Waals surface area contributed by atoms with Crippen molar-refractivity contribution in [1.82, 2.24) is 9.55 Å². The predicted octanol–water partition coefficient (Wildman–Crippen LogP) is 8.84. The first-order chi connectivity index (χ1) is 33.0. The molecule has 0 radical (unpaired) electrons. The molecule has 4 unspecified atom stereocenters. The number of aliphatic hydroxyl groups is 2. The maximum Gasteiger partial charge on any atom is 0.481 e. The fourth-order valence-corrected chi connectivity index (χ4v) is 9.64. The van der Waals surface area contributed by atoms with Gasteiger partial charge in [0.2, 0.25) is 0 Å². The van der Waals surface area contributed by atoms with Crippen molar-refractivity contribution in [2.75, 3.05) is 25.6 Å². The van der Waals surface area contributed by atoms with Gasteiger partial charge in [-0.2, -0.15) is 9.29 Å². The van der Waals surface area contributed by atoms with E-state index >= 15 is 0 Å². The molecule has 21 heteroatoms. The summed E-state index contributed by atoms with van der Waals surface area (Å²) in [6.45, 7) is 4.33. The second kappa shape index (κ2) is 33.6. The molecule has 2 fully saturated rings. The van der Waals surface area contributed by atoms with E-state index in [-0.39, 0.29) is 24.8 Å². The molecule has 0 aromatic carbocycles. The van der Waals surface area contributed by atoms with Crippen molar-refractivity contribution in [2.45, 2.75) is 205 Å². The van der Waals surface area contributed by atoms with Crippen molar-refractivity contribution in [3.8, 4) is 0 Å². The SMILES string of the molecule is CCCCC/C=C\CC1OC1C/C=C\C/C=C\CCCC(=O)OC[C@H](COP(=O)(O)OP(=O)(O)OC[C@H]1O[C@@H](n2ccc(N)nc2=O)[C@H](O)[C@@H]1O)OC(=O)CCCCCCCCCCCCC(C)C. The first-order valence-electron chi connectivity index (χ1n) is 25.0. The standard InChI is InChI=1S/C48H81N3O16P2/c1-4-5-6-7-18-23-28-39-40(65-39)29-24-19-14-12-16-20-25-30-43(52)61-34-38(64-44(53)31-26-21-15-11-9-8-10-13-17-22-27-37(2)3)35-62-68(57,58)67-69(59,60)63-36-41-45(54)46(55)47(66-41)51-33-32-42(49)50-48(51)56/h12,16,18-19,23-24,32-33,37-41,45-47,54-55H,4-11,13-15,17,20-22,25-31,34-36H2,1-3H3,(H,57,58)(H,59,60)(H2,49,50,56)/b16-12-,23-18-,24-19-/t38-,39?,40?,41-,45-,46-,47-/m1/s1. The largest absolute Gasteiger partial charge is 0.481 e. The number of nitrogen functional groups attached to an aromatic ring is 1. The number of carbonyl (C=O) groups excluding carboxylic acids is 2. The minimum atomic E-state index is -5.43. The van der Waals surface area contributed by atoms with Crippen LogP contribution < -0.4 is 11.4 Å². The smallest absolute Gasteiger partial charge is 0.462 e. The van der Waals surface area contributed by atoms with E-state index in [1.165, 1.54) is 63.9 Å². The molecule has 6 N–H and O–H groups in total. The Bertz CT molecular complexity index is 1880. The highest BCUT2D eigenvalue weighted by Gasteiger charge is 2.46. The van der Waals surface area contributed by atoms with Crippen LogP contribution >= 0.6 is 15.6 Å². The molecule has 9 atom stereocenters. The first-order valence-corrected chi connectivity index (χ1v) is 28.0. The van der Waals surface area contributed by atoms with Crippen LogP contribution in [-0.4, -0.2) is 97.9 Å². The number of esters is 2. The highest BCUT2D eigenvalue weighted by atomic mass is 31.3. The minimum Gasteiger partial charge on any atom is -0.462 e. The third kappa shape index (κ3) is 26.8. The highest BCUT2D eigenvalue weighted by molar-refractivity contribution is 7.61. The summed E-state index contributed by atoms with van der Waals surface area (Å²) in [7, 11) is -10.9. The Hall–Kier alpha value is -3.06. The third-order valence-corrected chi connectivity index (χ3v) is 14.2. The van der Waals surface area contributed by atoms with Crippen LogP contribution in [0.25, 0.3) is 0 Å². The van der Waals surface area contributed by atoms with Gasteiger partial charge in [0.15, 0.2) is 12.3 Å². The third-order valence-electron chi connectivity index (χ3n) is 11.6. The lowest BCUT2D eigenvalue weighted by Gasteiger charge is -2.21. The monoisotopic (exact) mass is 1020 g/mol. The number of hydrogen-bond donors (Lipinski definition) is 5. The molecule has 1 aromatic heterocycles. The Labute approximate surface area is 408 Å². The number of anilines is 1. The van der Waals surface area contributed by atoms with Gasteiger partial charge in [0.25, 0.3) is 0 Å². The van der Waals surface area contributed by atoms with Crippen molar-refractivity contribution in [3.05, 3.63) is 59.2 Å². The lowest BCUT2D eigenvalue weighted by Crippen LogP contribution is -2.36. The Balaban J connectivity index is 1.41. The molecule has 69 heavy (non-hydrogen) atoms. The van der Waals surface area contributed by atoms with Crippen LogP contribution in [0.1, 0.15) is 168 Å². The number of unbranched alkanes of at least 4 members (excludes halogenated alkanes) is 13. The van der Waals surface area contributed by atoms with Crippen molar-refractivity contribution >= 4 is 33.4 Å². The molecule has 0 saturated carbocycles. The van der Waals surface area contributed by atoms with Gasteiger partial charge < -0.3 is 44.7 Å². The number of hydrogen-bond acceptors (Lipinski definition) is 16. The number of rotatable bonds is 39. The van der Waals surface area contributed by atoms with Gasteiger partial charge in [0, 0.05) is 19.0 Å². The van der Waals surface area contributed by atoms with Gasteiger partial charge in [-0.3, -0.25) is 23.2 Å². The lowest BCUT2D eigenvalue weighted by atomic mass is 10.0. The van der Waals surface area contributed by atoms with E-state index in [4.69, 9.17) is 33.7 Å². The van der Waals surface area contributed by atoms with Gasteiger partial charge in [0.1, 0.15) is 30.7 Å². The maximum absolute atomic E-state index is 12.8. The molecular weight excluding hydrogens is 936 g/mol. The summed E-state index contributed by atoms with van der Waals surface area (Å²) in [6, 6.07) is 1.24. The molecule has 0 spiro atoms. The molecule has 2 saturated heterocycles. The summed E-state index contributed by atoms with van der Waals surface area (Å²) in [6.07, 6.45) is 27.1. The van der Waals surface area contributed by atoms with E-state index in [1.54, 1.807) is 0 Å². The molecular formula is C48H81N3O16P2. The number of allylic oxidation sites excluding steroid dienone is 4. The molecule has 394 valence electrons. The number of nitrogens with zero attached hydrogens (tertiary/aromatic N) is 2. The van der Waals surface area contributed by atoms with E-state index in [9.17, 15) is 43.5 Å². The molecule has 0 amide bonds. The second-order valence-corrected chi connectivity index (χ2v) is 21.2. The molecule has 2 aliphatic rings. The number of carbonyl (C=O) groups is 2. The second-order valence-electron chi connectivity index (χ2n) is 18.2. The van der Waals surface area contributed by atoms with Gasteiger partial charge in [0.05, 0.1) is 25.4 Å². The summed E-state index contributed by atoms with van der Waals surface area (Å²) in [5, 5.41) is 20.9. The Morgan fingerprint density at radius 2 is 1.35 bits per heavy atom. The number of aromatic nitrogens is 2. The zero-order chi connectivity index (χ0) is 50.5. The predicted molar refractivity (Wildman–Crippen MR) is 260 cm³/mol. The Kier molecular flexibility index (Phi) is 29.3. The van der Waals surface area contributed by atoms with Crippen molar-refractivity contribution in [2.24, 2.45) is 5.92 Å². The molecule has 2 aliphatic heterocycles. The Morgan fingerprint density at radius 1 is 0.754 bits per heavy atom. The van der Waals surface area contributed by atoms with E-state index < -0.39 is 83.7 Å². The molecule has 0 bridgehead atoms. The summed E-state index contributed by atoms with van der Waals surface area (Å²) in [5.74, 6) is -0.626. The number of nitrogens with two attached hydrogens (primary N) is 1. The van der Waals surface area contributed by atoms with Gasteiger partial charge in [-0.25, -0.2) is 13.9 Å². The van der Waals surface area contributed by atoms with E-state index in [1.807, 2.05) is 12.2 Å². The van der Waals surface area contributed by atoms with Gasteiger partial charge in [-0.1, -0.05) is 134 Å². The maximum atomic E-state index is 12.8. The fraction of sp³-hybridized carbons (Fsp3) is 0.750. The number of phosphoric acid groups is 2. The summed E-state index contributed by atoms with van der Waals surface area (Å²) in [4.78, 5) is 61.9. The molecule has 3 rings (SSSR count). The average molecular weight is 1020 g/mol. The molecule has 0 aliphatic carbocycles. The van der Waals surface area contributed by atoms with Gasteiger partial charge in [-0.15, -0.1) is 0 Å². The quantitative estimate of drug-likeness (QED) is 0.0135. The topological polar surface area (TPSA) is 278 Å². The Morgan fingerprint density at radius 3 is 2.01 bits per heavy atom. The van der Waals surface area contributed by atoms with Gasteiger partial charge in [-0.05, 0) is 63.4 Å². The summed E-state index contributed by atoms with van der Waals surface area (Å²) >= 11 is 0. The first kappa shape index (κ1) is 60.2. The van der Waals surface area contributed by atoms with Crippen LogP contribution in [0.3, 0.4) is 0 Å².